The number of carbonyl (C=O) groups excluding carboxylic acids is 2. The van der Waals surface area contributed by atoms with Crippen LogP contribution in [0.2, 0.25) is 0 Å². The van der Waals surface area contributed by atoms with Gasteiger partial charge in [-0.3, -0.25) is 14.9 Å². The monoisotopic (exact) mass is 410 g/mol. The number of fused-ring (bicyclic) bond motifs is 1. The third-order valence-electron chi connectivity index (χ3n) is 5.57. The summed E-state index contributed by atoms with van der Waals surface area (Å²) in [6, 6.07) is 7.88. The molecule has 0 radical (unpaired) electrons. The summed E-state index contributed by atoms with van der Waals surface area (Å²) >= 11 is 0. The van der Waals surface area contributed by atoms with Gasteiger partial charge in [0, 0.05) is 31.7 Å². The maximum absolute atomic E-state index is 13.3. The molecule has 3 aromatic rings. The van der Waals surface area contributed by atoms with Crippen LogP contribution in [0, 0.1) is 5.82 Å². The second-order valence-corrected chi connectivity index (χ2v) is 7.64. The van der Waals surface area contributed by atoms with Gasteiger partial charge in [-0.1, -0.05) is 12.1 Å². The molecule has 0 bridgehead atoms. The molecule has 1 aliphatic heterocycles. The molecule has 0 spiro atoms. The summed E-state index contributed by atoms with van der Waals surface area (Å²) in [5.74, 6) is -0.884. The van der Waals surface area contributed by atoms with Crippen molar-refractivity contribution < 1.29 is 19.2 Å². The second kappa shape index (κ2) is 8.33. The molecule has 1 N–H and O–H groups in total. The standard InChI is InChI=1S/C22H23FN4O3/c1-25(30)22(29)20-9-19-16(12-26-8-2-3-18(26)14-28)13-27(21(19)10-24-20)11-15-4-6-17(23)7-5-15/h4-7,9-10,13-14,18,30H,2-3,8,11-12H2,1H3. The Kier molecular flexibility index (Phi) is 5.61. The molecule has 1 saturated heterocycles. The van der Waals surface area contributed by atoms with Gasteiger partial charge in [-0.2, -0.15) is 0 Å². The summed E-state index contributed by atoms with van der Waals surface area (Å²) < 4.78 is 15.3. The molecule has 4 rings (SSSR count). The first-order chi connectivity index (χ1) is 14.5. The van der Waals surface area contributed by atoms with Crippen molar-refractivity contribution in [1.82, 2.24) is 19.5 Å². The van der Waals surface area contributed by atoms with Crippen LogP contribution in [0.4, 0.5) is 4.39 Å². The number of hydrogen-bond acceptors (Lipinski definition) is 5. The number of amides is 1. The molecule has 1 atom stereocenters. The molecule has 30 heavy (non-hydrogen) atoms. The van der Waals surface area contributed by atoms with Gasteiger partial charge < -0.3 is 9.36 Å². The van der Waals surface area contributed by atoms with Crippen LogP contribution in [-0.2, 0) is 17.9 Å². The first-order valence-electron chi connectivity index (χ1n) is 9.84. The van der Waals surface area contributed by atoms with Crippen molar-refractivity contribution >= 4 is 23.1 Å². The van der Waals surface area contributed by atoms with E-state index in [0.717, 1.165) is 47.7 Å². The lowest BCUT2D eigenvalue weighted by Gasteiger charge is -2.19. The van der Waals surface area contributed by atoms with Crippen molar-refractivity contribution in [2.45, 2.75) is 32.0 Å². The van der Waals surface area contributed by atoms with Gasteiger partial charge in [0.2, 0.25) is 0 Å². The van der Waals surface area contributed by atoms with Crippen molar-refractivity contribution in [2.24, 2.45) is 0 Å². The highest BCUT2D eigenvalue weighted by Gasteiger charge is 2.25. The largest absolute Gasteiger partial charge is 0.341 e. The molecule has 0 saturated carbocycles. The van der Waals surface area contributed by atoms with Crippen LogP contribution in [0.25, 0.3) is 10.9 Å². The van der Waals surface area contributed by atoms with E-state index in [1.807, 2.05) is 10.8 Å². The van der Waals surface area contributed by atoms with E-state index < -0.39 is 5.91 Å². The number of aldehydes is 1. The van der Waals surface area contributed by atoms with Gasteiger partial charge in [-0.05, 0) is 48.7 Å². The molecule has 1 aliphatic rings. The molecule has 7 nitrogen and oxygen atoms in total. The lowest BCUT2D eigenvalue weighted by Crippen LogP contribution is -2.29. The minimum atomic E-state index is -0.596. The lowest BCUT2D eigenvalue weighted by atomic mass is 10.1. The number of carbonyl (C=O) groups is 2. The van der Waals surface area contributed by atoms with Gasteiger partial charge in [0.15, 0.2) is 0 Å². The summed E-state index contributed by atoms with van der Waals surface area (Å²) in [4.78, 5) is 29.9. The molecule has 1 unspecified atom stereocenters. The van der Waals surface area contributed by atoms with Gasteiger partial charge in [0.05, 0.1) is 17.8 Å². The van der Waals surface area contributed by atoms with Crippen molar-refractivity contribution in [3.8, 4) is 0 Å². The molecule has 8 heteroatoms. The molecule has 1 aromatic carbocycles. The highest BCUT2D eigenvalue weighted by Crippen LogP contribution is 2.27. The van der Waals surface area contributed by atoms with Crippen LogP contribution in [0.15, 0.2) is 42.7 Å². The maximum atomic E-state index is 13.3. The number of hydrogen-bond donors (Lipinski definition) is 1. The average molecular weight is 410 g/mol. The fourth-order valence-electron chi connectivity index (χ4n) is 4.01. The zero-order chi connectivity index (χ0) is 21.3. The second-order valence-electron chi connectivity index (χ2n) is 7.64. The van der Waals surface area contributed by atoms with E-state index in [2.05, 4.69) is 9.88 Å². The maximum Gasteiger partial charge on any atom is 0.295 e. The molecule has 1 fully saturated rings. The van der Waals surface area contributed by atoms with E-state index in [9.17, 15) is 19.2 Å². The zero-order valence-electron chi connectivity index (χ0n) is 16.7. The van der Waals surface area contributed by atoms with Crippen LogP contribution in [-0.4, -0.2) is 56.5 Å². The predicted octanol–water partition coefficient (Wildman–Crippen LogP) is 2.85. The minimum Gasteiger partial charge on any atom is -0.341 e. The van der Waals surface area contributed by atoms with Gasteiger partial charge in [-0.15, -0.1) is 0 Å². The van der Waals surface area contributed by atoms with Crippen molar-refractivity contribution in [3.63, 3.8) is 0 Å². The Morgan fingerprint density at radius 1 is 1.33 bits per heavy atom. The number of nitrogens with zero attached hydrogens (tertiary/aromatic N) is 4. The number of benzene rings is 1. The highest BCUT2D eigenvalue weighted by atomic mass is 19.1. The van der Waals surface area contributed by atoms with Gasteiger partial charge in [0.1, 0.15) is 17.8 Å². The molecular formula is C22H23FN4O3. The van der Waals surface area contributed by atoms with Crippen molar-refractivity contribution in [1.29, 1.82) is 0 Å². The first kappa shape index (κ1) is 20.2. The molecular weight excluding hydrogens is 387 g/mol. The lowest BCUT2D eigenvalue weighted by molar-refractivity contribution is -0.111. The fourth-order valence-corrected chi connectivity index (χ4v) is 4.01. The van der Waals surface area contributed by atoms with Crippen LogP contribution in [0.5, 0.6) is 0 Å². The van der Waals surface area contributed by atoms with E-state index >= 15 is 0 Å². The number of rotatable bonds is 6. The minimum absolute atomic E-state index is 0.105. The van der Waals surface area contributed by atoms with Gasteiger partial charge in [0.25, 0.3) is 5.91 Å². The smallest absolute Gasteiger partial charge is 0.295 e. The van der Waals surface area contributed by atoms with E-state index in [0.29, 0.717) is 18.2 Å². The summed E-state index contributed by atoms with van der Waals surface area (Å²) in [6.07, 6.45) is 6.41. The van der Waals surface area contributed by atoms with Crippen LogP contribution >= 0.6 is 0 Å². The van der Waals surface area contributed by atoms with Crippen LogP contribution in [0.1, 0.15) is 34.5 Å². The Labute approximate surface area is 173 Å². The summed E-state index contributed by atoms with van der Waals surface area (Å²) in [7, 11) is 1.26. The van der Waals surface area contributed by atoms with E-state index in [-0.39, 0.29) is 17.6 Å². The Bertz CT molecular complexity index is 1080. The third-order valence-corrected chi connectivity index (χ3v) is 5.57. The Balaban J connectivity index is 1.74. The summed E-state index contributed by atoms with van der Waals surface area (Å²) in [6.45, 7) is 1.93. The number of pyridine rings is 1. The third kappa shape index (κ3) is 3.96. The summed E-state index contributed by atoms with van der Waals surface area (Å²) in [5, 5.41) is 10.8. The summed E-state index contributed by atoms with van der Waals surface area (Å²) in [5.41, 5.74) is 2.87. The van der Waals surface area contributed by atoms with Gasteiger partial charge in [-0.25, -0.2) is 14.4 Å². The number of aromatic nitrogens is 2. The fraction of sp³-hybridized carbons (Fsp3) is 0.318. The molecule has 2 aromatic heterocycles. The van der Waals surface area contributed by atoms with Crippen LogP contribution in [0.3, 0.4) is 0 Å². The van der Waals surface area contributed by atoms with E-state index in [1.54, 1.807) is 24.4 Å². The first-order valence-corrected chi connectivity index (χ1v) is 9.84. The number of hydroxylamine groups is 2. The van der Waals surface area contributed by atoms with Crippen molar-refractivity contribution in [2.75, 3.05) is 13.6 Å². The SMILES string of the molecule is CN(O)C(=O)c1cc2c(CN3CCCC3C=O)cn(Cc3ccc(F)cc3)c2cn1. The Morgan fingerprint density at radius 3 is 2.80 bits per heavy atom. The molecule has 1 amide bonds. The van der Waals surface area contributed by atoms with E-state index in [1.165, 1.54) is 19.2 Å². The van der Waals surface area contributed by atoms with Crippen LogP contribution < -0.4 is 0 Å². The van der Waals surface area contributed by atoms with Crippen molar-refractivity contribution in [3.05, 3.63) is 65.4 Å². The Morgan fingerprint density at radius 2 is 2.10 bits per heavy atom. The quantitative estimate of drug-likeness (QED) is 0.384. The normalized spacial score (nSPS) is 16.8. The topological polar surface area (TPSA) is 78.7 Å². The molecule has 3 heterocycles. The number of likely N-dealkylation sites (tertiary alicyclic amines) is 1. The van der Waals surface area contributed by atoms with Gasteiger partial charge >= 0.3 is 0 Å². The van der Waals surface area contributed by atoms with E-state index in [4.69, 9.17) is 0 Å². The predicted molar refractivity (Wildman–Crippen MR) is 109 cm³/mol. The average Bonchev–Trinajstić information content (AvgIpc) is 3.33. The molecule has 156 valence electrons. The zero-order valence-corrected chi connectivity index (χ0v) is 16.7. The Hall–Kier alpha value is -3.10. The molecule has 0 aliphatic carbocycles. The highest BCUT2D eigenvalue weighted by molar-refractivity contribution is 5.96. The number of halogens is 1.